The number of hydrogen-bond donors (Lipinski definition) is 2. The molecule has 0 heterocycles. The molecule has 0 bridgehead atoms. The zero-order chi connectivity index (χ0) is 16.2. The van der Waals surface area contributed by atoms with Crippen molar-refractivity contribution in [2.24, 2.45) is 11.8 Å². The minimum Gasteiger partial charge on any atom is -0.480 e. The number of carbonyl (C=O) groups is 3. The third-order valence-electron chi connectivity index (χ3n) is 3.04. The van der Waals surface area contributed by atoms with Gasteiger partial charge in [-0.3, -0.25) is 4.79 Å². The van der Waals surface area contributed by atoms with Gasteiger partial charge in [0.05, 0.1) is 12.5 Å². The highest BCUT2D eigenvalue weighted by atomic mass is 16.6. The van der Waals surface area contributed by atoms with E-state index in [1.54, 1.807) is 27.7 Å². The zero-order valence-electron chi connectivity index (χ0n) is 12.8. The summed E-state index contributed by atoms with van der Waals surface area (Å²) < 4.78 is 9.91. The molecule has 7 heteroatoms. The van der Waals surface area contributed by atoms with Gasteiger partial charge in [-0.2, -0.15) is 0 Å². The molecule has 2 N–H and O–H groups in total. The van der Waals surface area contributed by atoms with E-state index in [1.165, 1.54) is 0 Å². The highest BCUT2D eigenvalue weighted by molar-refractivity contribution is 5.80. The van der Waals surface area contributed by atoms with Gasteiger partial charge in [0.2, 0.25) is 0 Å². The largest absolute Gasteiger partial charge is 0.480 e. The van der Waals surface area contributed by atoms with E-state index in [0.717, 1.165) is 0 Å². The van der Waals surface area contributed by atoms with Gasteiger partial charge in [0.1, 0.15) is 11.6 Å². The number of carboxylic acids is 1. The van der Waals surface area contributed by atoms with Crippen molar-refractivity contribution in [2.75, 3.05) is 6.61 Å². The Balaban J connectivity index is 2.47. The van der Waals surface area contributed by atoms with Crippen molar-refractivity contribution in [3.63, 3.8) is 0 Å². The molecule has 21 heavy (non-hydrogen) atoms. The van der Waals surface area contributed by atoms with Crippen molar-refractivity contribution in [3.8, 4) is 0 Å². The fraction of sp³-hybridized carbons (Fsp3) is 0.786. The molecule has 1 fully saturated rings. The number of ether oxygens (including phenoxy) is 2. The van der Waals surface area contributed by atoms with Gasteiger partial charge in [0.25, 0.3) is 0 Å². The molecular weight excluding hydrogens is 278 g/mol. The van der Waals surface area contributed by atoms with E-state index in [-0.39, 0.29) is 24.2 Å². The number of aliphatic carboxylic acids is 1. The quantitative estimate of drug-likeness (QED) is 0.722. The van der Waals surface area contributed by atoms with Gasteiger partial charge in [0.15, 0.2) is 0 Å². The average Bonchev–Trinajstić information content (AvgIpc) is 3.05. The first-order valence-electron chi connectivity index (χ1n) is 7.03. The Hall–Kier alpha value is -1.79. The molecule has 120 valence electrons. The van der Waals surface area contributed by atoms with Crippen LogP contribution >= 0.6 is 0 Å². The summed E-state index contributed by atoms with van der Waals surface area (Å²) in [4.78, 5) is 34.3. The molecule has 7 nitrogen and oxygen atoms in total. The highest BCUT2D eigenvalue weighted by Crippen LogP contribution is 2.43. The number of rotatable bonds is 6. The summed E-state index contributed by atoms with van der Waals surface area (Å²) in [5, 5.41) is 11.5. The van der Waals surface area contributed by atoms with Crippen LogP contribution in [0.3, 0.4) is 0 Å². The molecule has 1 aliphatic carbocycles. The van der Waals surface area contributed by atoms with E-state index in [9.17, 15) is 14.4 Å². The predicted molar refractivity (Wildman–Crippen MR) is 73.6 cm³/mol. The first kappa shape index (κ1) is 17.3. The average molecular weight is 301 g/mol. The Morgan fingerprint density at radius 3 is 2.43 bits per heavy atom. The minimum atomic E-state index is -1.14. The van der Waals surface area contributed by atoms with Crippen LogP contribution in [0.2, 0.25) is 0 Å². The summed E-state index contributed by atoms with van der Waals surface area (Å²) in [6.45, 7) is 7.11. The lowest BCUT2D eigenvalue weighted by Gasteiger charge is -2.22. The second-order valence-electron chi connectivity index (χ2n) is 6.13. The number of alkyl carbamates (subject to hydrolysis) is 1. The predicted octanol–water partition coefficient (Wildman–Crippen LogP) is 1.55. The van der Waals surface area contributed by atoms with Crippen molar-refractivity contribution in [2.45, 2.75) is 52.2 Å². The van der Waals surface area contributed by atoms with Crippen molar-refractivity contribution in [1.29, 1.82) is 0 Å². The molecule has 0 radical (unpaired) electrons. The summed E-state index contributed by atoms with van der Waals surface area (Å²) in [5.41, 5.74) is -0.694. The molecule has 3 unspecified atom stereocenters. The lowest BCUT2D eigenvalue weighted by Crippen LogP contribution is -2.43. The number of carboxylic acid groups (broad SMARTS) is 1. The van der Waals surface area contributed by atoms with Crippen LogP contribution in [-0.4, -0.2) is 41.4 Å². The fourth-order valence-electron chi connectivity index (χ4n) is 2.02. The van der Waals surface area contributed by atoms with E-state index >= 15 is 0 Å². The molecule has 0 aliphatic heterocycles. The fourth-order valence-corrected chi connectivity index (χ4v) is 2.02. The lowest BCUT2D eigenvalue weighted by atomic mass is 10.1. The van der Waals surface area contributed by atoms with Crippen LogP contribution < -0.4 is 5.32 Å². The van der Waals surface area contributed by atoms with Gasteiger partial charge in [0, 0.05) is 0 Å². The number of esters is 1. The zero-order valence-corrected chi connectivity index (χ0v) is 12.8. The third kappa shape index (κ3) is 6.01. The second kappa shape index (κ2) is 6.78. The van der Waals surface area contributed by atoms with Gasteiger partial charge in [-0.15, -0.1) is 0 Å². The van der Waals surface area contributed by atoms with Crippen LogP contribution in [-0.2, 0) is 19.1 Å². The molecule has 1 saturated carbocycles. The Labute approximate surface area is 124 Å². The molecule has 0 aromatic rings. The molecule has 0 aromatic carbocycles. The second-order valence-corrected chi connectivity index (χ2v) is 6.13. The summed E-state index contributed by atoms with van der Waals surface area (Å²) >= 11 is 0. The first-order chi connectivity index (χ1) is 9.64. The van der Waals surface area contributed by atoms with Gasteiger partial charge >= 0.3 is 18.0 Å². The van der Waals surface area contributed by atoms with Crippen LogP contribution in [0, 0.1) is 11.8 Å². The lowest BCUT2D eigenvalue weighted by molar-refractivity contribution is -0.145. The number of carbonyl (C=O) groups excluding carboxylic acids is 2. The van der Waals surface area contributed by atoms with E-state index in [4.69, 9.17) is 14.6 Å². The Bertz CT molecular complexity index is 414. The van der Waals surface area contributed by atoms with Crippen molar-refractivity contribution >= 4 is 18.0 Å². The Morgan fingerprint density at radius 2 is 1.95 bits per heavy atom. The maximum Gasteiger partial charge on any atom is 0.408 e. The van der Waals surface area contributed by atoms with E-state index in [0.29, 0.717) is 13.0 Å². The summed E-state index contributed by atoms with van der Waals surface area (Å²) in [5.74, 6) is -1.77. The molecule has 0 saturated heterocycles. The normalized spacial score (nSPS) is 22.1. The monoisotopic (exact) mass is 301 g/mol. The van der Waals surface area contributed by atoms with Gasteiger partial charge < -0.3 is 19.9 Å². The first-order valence-corrected chi connectivity index (χ1v) is 7.03. The van der Waals surface area contributed by atoms with E-state index in [1.807, 2.05) is 0 Å². The minimum absolute atomic E-state index is 0.0694. The topological polar surface area (TPSA) is 102 Å². The number of amides is 1. The summed E-state index contributed by atoms with van der Waals surface area (Å²) in [6, 6.07) is -1.07. The molecule has 1 rings (SSSR count). The van der Waals surface area contributed by atoms with E-state index < -0.39 is 23.7 Å². The molecule has 1 amide bonds. The van der Waals surface area contributed by atoms with Gasteiger partial charge in [-0.1, -0.05) is 0 Å². The van der Waals surface area contributed by atoms with Crippen LogP contribution in [0.15, 0.2) is 0 Å². The van der Waals surface area contributed by atoms with E-state index in [2.05, 4.69) is 5.32 Å². The van der Waals surface area contributed by atoms with Crippen LogP contribution in [0.25, 0.3) is 0 Å². The third-order valence-corrected chi connectivity index (χ3v) is 3.04. The molecule has 0 spiro atoms. The van der Waals surface area contributed by atoms with Crippen LogP contribution in [0.4, 0.5) is 4.79 Å². The van der Waals surface area contributed by atoms with Crippen molar-refractivity contribution in [1.82, 2.24) is 5.32 Å². The smallest absolute Gasteiger partial charge is 0.408 e. The Kier molecular flexibility index (Phi) is 5.57. The standard InChI is InChI=1S/C14H23NO6/c1-5-20-12(18)9-6-8(9)7-10(11(16)17)15-13(19)21-14(2,3)4/h8-10H,5-7H2,1-4H3,(H,15,19)(H,16,17). The Morgan fingerprint density at radius 1 is 1.33 bits per heavy atom. The number of hydrogen-bond acceptors (Lipinski definition) is 5. The van der Waals surface area contributed by atoms with Crippen molar-refractivity contribution in [3.05, 3.63) is 0 Å². The SMILES string of the molecule is CCOC(=O)C1CC1CC(NC(=O)OC(C)(C)C)C(=O)O. The maximum absolute atomic E-state index is 11.6. The molecule has 3 atom stereocenters. The number of nitrogens with one attached hydrogen (secondary N) is 1. The summed E-state index contributed by atoms with van der Waals surface area (Å²) in [6.07, 6.45) is 0.0136. The molecule has 1 aliphatic rings. The van der Waals surface area contributed by atoms with Crippen molar-refractivity contribution < 1.29 is 29.0 Å². The summed E-state index contributed by atoms with van der Waals surface area (Å²) in [7, 11) is 0. The van der Waals surface area contributed by atoms with Gasteiger partial charge in [-0.05, 0) is 46.5 Å². The maximum atomic E-state index is 11.6. The highest BCUT2D eigenvalue weighted by Gasteiger charge is 2.46. The van der Waals surface area contributed by atoms with Crippen LogP contribution in [0.5, 0.6) is 0 Å². The molecule has 0 aromatic heterocycles. The van der Waals surface area contributed by atoms with Gasteiger partial charge in [-0.25, -0.2) is 9.59 Å². The van der Waals surface area contributed by atoms with Crippen LogP contribution in [0.1, 0.15) is 40.5 Å². The molecular formula is C14H23NO6.